The van der Waals surface area contributed by atoms with Gasteiger partial charge in [0.1, 0.15) is 0 Å². The molecule has 1 fully saturated rings. The van der Waals surface area contributed by atoms with Gasteiger partial charge in [-0.1, -0.05) is 36.4 Å². The zero-order valence-corrected chi connectivity index (χ0v) is 17.6. The van der Waals surface area contributed by atoms with Crippen molar-refractivity contribution in [1.29, 1.82) is 0 Å². The minimum Gasteiger partial charge on any atom is -0.378 e. The maximum atomic E-state index is 12.6. The van der Waals surface area contributed by atoms with Crippen LogP contribution in [0.2, 0.25) is 0 Å². The molecule has 1 saturated heterocycles. The smallest absolute Gasteiger partial charge is 0.230 e. The third kappa shape index (κ3) is 4.43. The number of nitrogens with zero attached hydrogens (tertiary/aromatic N) is 4. The Bertz CT molecular complexity index is 1240. The van der Waals surface area contributed by atoms with Crippen LogP contribution in [0.3, 0.4) is 0 Å². The molecule has 0 unspecified atom stereocenters. The van der Waals surface area contributed by atoms with Crippen LogP contribution in [0.1, 0.15) is 5.56 Å². The van der Waals surface area contributed by atoms with E-state index in [0.29, 0.717) is 5.82 Å². The Morgan fingerprint density at radius 1 is 1.03 bits per heavy atom. The number of pyridine rings is 1. The number of hydrogen-bond donors (Lipinski definition) is 1. The lowest BCUT2D eigenvalue weighted by molar-refractivity contribution is -0.115. The second-order valence-electron chi connectivity index (χ2n) is 7.65. The molecule has 7 nitrogen and oxygen atoms in total. The lowest BCUT2D eigenvalue weighted by Gasteiger charge is -2.29. The second kappa shape index (κ2) is 9.11. The summed E-state index contributed by atoms with van der Waals surface area (Å²) in [5, 5.41) is 3.79. The monoisotopic (exact) mass is 425 g/mol. The normalized spacial score (nSPS) is 13.8. The molecule has 1 N–H and O–H groups in total. The van der Waals surface area contributed by atoms with Crippen molar-refractivity contribution in [3.8, 4) is 11.3 Å². The Kier molecular flexibility index (Phi) is 5.72. The molecule has 2 aromatic carbocycles. The van der Waals surface area contributed by atoms with Crippen molar-refractivity contribution in [2.24, 2.45) is 0 Å². The number of ether oxygens (including phenoxy) is 1. The Balaban J connectivity index is 1.43. The highest BCUT2D eigenvalue weighted by Crippen LogP contribution is 2.27. The van der Waals surface area contributed by atoms with Gasteiger partial charge in [0.05, 0.1) is 37.0 Å². The van der Waals surface area contributed by atoms with Crippen LogP contribution in [0.25, 0.3) is 22.2 Å². The molecule has 0 saturated carbocycles. The third-order valence-electron chi connectivity index (χ3n) is 5.50. The number of anilines is 2. The van der Waals surface area contributed by atoms with Gasteiger partial charge in [-0.2, -0.15) is 0 Å². The predicted octanol–water partition coefficient (Wildman–Crippen LogP) is 3.71. The average molecular weight is 425 g/mol. The number of fused-ring (bicyclic) bond motifs is 1. The van der Waals surface area contributed by atoms with Crippen LogP contribution in [0.15, 0.2) is 73.2 Å². The van der Waals surface area contributed by atoms with E-state index in [-0.39, 0.29) is 12.3 Å². The van der Waals surface area contributed by atoms with Crippen LogP contribution in [-0.4, -0.2) is 47.2 Å². The summed E-state index contributed by atoms with van der Waals surface area (Å²) in [6, 6.07) is 18.4. The zero-order chi connectivity index (χ0) is 21.8. The van der Waals surface area contributed by atoms with Crippen LogP contribution in [0, 0.1) is 0 Å². The maximum absolute atomic E-state index is 12.6. The van der Waals surface area contributed by atoms with Crippen LogP contribution in [0.5, 0.6) is 0 Å². The fourth-order valence-electron chi connectivity index (χ4n) is 3.92. The van der Waals surface area contributed by atoms with Crippen LogP contribution in [0.4, 0.5) is 11.5 Å². The summed E-state index contributed by atoms with van der Waals surface area (Å²) in [4.78, 5) is 27.9. The number of aromatic nitrogens is 3. The van der Waals surface area contributed by atoms with E-state index in [0.717, 1.165) is 54.0 Å². The maximum Gasteiger partial charge on any atom is 0.230 e. The van der Waals surface area contributed by atoms with E-state index in [1.807, 2.05) is 24.3 Å². The fourth-order valence-corrected chi connectivity index (χ4v) is 3.92. The number of nitrogens with one attached hydrogen (secondary N) is 1. The molecule has 0 spiro atoms. The summed E-state index contributed by atoms with van der Waals surface area (Å²) < 4.78 is 5.47. The number of amides is 1. The first kappa shape index (κ1) is 20.1. The van der Waals surface area contributed by atoms with E-state index in [4.69, 9.17) is 9.72 Å². The first-order chi connectivity index (χ1) is 15.8. The van der Waals surface area contributed by atoms with E-state index in [2.05, 4.69) is 50.5 Å². The molecule has 0 radical (unpaired) electrons. The molecule has 160 valence electrons. The molecule has 0 bridgehead atoms. The number of carbonyl (C=O) groups is 1. The van der Waals surface area contributed by atoms with Gasteiger partial charge in [-0.05, 0) is 23.8 Å². The van der Waals surface area contributed by atoms with Gasteiger partial charge in [0.25, 0.3) is 0 Å². The van der Waals surface area contributed by atoms with Gasteiger partial charge >= 0.3 is 0 Å². The minimum atomic E-state index is -0.153. The Morgan fingerprint density at radius 2 is 1.91 bits per heavy atom. The van der Waals surface area contributed by atoms with E-state index in [9.17, 15) is 4.79 Å². The largest absolute Gasteiger partial charge is 0.378 e. The van der Waals surface area contributed by atoms with Crippen molar-refractivity contribution >= 4 is 28.3 Å². The molecule has 7 heteroatoms. The Morgan fingerprint density at radius 3 is 2.75 bits per heavy atom. The summed E-state index contributed by atoms with van der Waals surface area (Å²) in [5.41, 5.74) is 4.81. The number of para-hydroxylation sites is 1. The van der Waals surface area contributed by atoms with Crippen molar-refractivity contribution in [2.45, 2.75) is 6.42 Å². The van der Waals surface area contributed by atoms with Gasteiger partial charge < -0.3 is 15.0 Å². The molecule has 1 aliphatic rings. The summed E-state index contributed by atoms with van der Waals surface area (Å²) >= 11 is 0. The molecule has 2 aromatic heterocycles. The molecule has 3 heterocycles. The van der Waals surface area contributed by atoms with Crippen molar-refractivity contribution in [2.75, 3.05) is 36.5 Å². The molecule has 1 aliphatic heterocycles. The first-order valence-electron chi connectivity index (χ1n) is 10.6. The second-order valence-corrected chi connectivity index (χ2v) is 7.65. The van der Waals surface area contributed by atoms with Crippen molar-refractivity contribution in [3.63, 3.8) is 0 Å². The molecule has 4 aromatic rings. The predicted molar refractivity (Wildman–Crippen MR) is 125 cm³/mol. The van der Waals surface area contributed by atoms with Crippen LogP contribution in [-0.2, 0) is 16.0 Å². The van der Waals surface area contributed by atoms with Crippen LogP contribution < -0.4 is 10.2 Å². The summed E-state index contributed by atoms with van der Waals surface area (Å²) in [6.07, 6.45) is 4.85. The first-order valence-corrected chi connectivity index (χ1v) is 10.6. The molecule has 1 amide bonds. The number of hydrogen-bond acceptors (Lipinski definition) is 6. The standard InChI is InChI=1S/C25H23N5O2/c31-24(29-23-17-26-9-10-27-23)16-20-5-1-3-18-7-8-22(28-25(18)20)19-4-2-6-21(15-19)30-11-13-32-14-12-30/h1-10,15,17H,11-14,16H2,(H,27,29,31). The van der Waals surface area contributed by atoms with E-state index < -0.39 is 0 Å². The minimum absolute atomic E-state index is 0.153. The molecule has 0 atom stereocenters. The van der Waals surface area contributed by atoms with E-state index in [1.54, 1.807) is 12.4 Å². The van der Waals surface area contributed by atoms with Gasteiger partial charge in [0.15, 0.2) is 5.82 Å². The van der Waals surface area contributed by atoms with Gasteiger partial charge in [-0.15, -0.1) is 0 Å². The number of rotatable bonds is 5. The SMILES string of the molecule is O=C(Cc1cccc2ccc(-c3cccc(N4CCOCC4)c3)nc12)Nc1cnccn1. The Hall–Kier alpha value is -3.84. The quantitative estimate of drug-likeness (QED) is 0.525. The topological polar surface area (TPSA) is 80.2 Å². The van der Waals surface area contributed by atoms with Crippen molar-refractivity contribution < 1.29 is 9.53 Å². The highest BCUT2D eigenvalue weighted by Gasteiger charge is 2.13. The lowest BCUT2D eigenvalue weighted by atomic mass is 10.0. The fraction of sp³-hybridized carbons (Fsp3) is 0.200. The highest BCUT2D eigenvalue weighted by molar-refractivity contribution is 5.95. The van der Waals surface area contributed by atoms with E-state index >= 15 is 0 Å². The van der Waals surface area contributed by atoms with Gasteiger partial charge in [0, 0.05) is 42.1 Å². The molecule has 5 rings (SSSR count). The summed E-state index contributed by atoms with van der Waals surface area (Å²) in [6.45, 7) is 3.27. The molecule has 0 aliphatic carbocycles. The van der Waals surface area contributed by atoms with Crippen LogP contribution >= 0.6 is 0 Å². The summed E-state index contributed by atoms with van der Waals surface area (Å²) in [5.74, 6) is 0.283. The third-order valence-corrected chi connectivity index (χ3v) is 5.50. The van der Waals surface area contributed by atoms with Crippen molar-refractivity contribution in [1.82, 2.24) is 15.0 Å². The number of morpholine rings is 1. The van der Waals surface area contributed by atoms with Gasteiger partial charge in [0.2, 0.25) is 5.91 Å². The highest BCUT2D eigenvalue weighted by atomic mass is 16.5. The number of benzene rings is 2. The van der Waals surface area contributed by atoms with Gasteiger partial charge in [-0.3, -0.25) is 9.78 Å². The van der Waals surface area contributed by atoms with E-state index in [1.165, 1.54) is 11.9 Å². The lowest BCUT2D eigenvalue weighted by Crippen LogP contribution is -2.36. The summed E-state index contributed by atoms with van der Waals surface area (Å²) in [7, 11) is 0. The molecule has 32 heavy (non-hydrogen) atoms. The zero-order valence-electron chi connectivity index (χ0n) is 17.6. The molecular formula is C25H23N5O2. The Labute approximate surface area is 186 Å². The number of carbonyl (C=O) groups excluding carboxylic acids is 1. The van der Waals surface area contributed by atoms with Gasteiger partial charge in [-0.25, -0.2) is 9.97 Å². The van der Waals surface area contributed by atoms with Crippen molar-refractivity contribution in [3.05, 3.63) is 78.8 Å². The molecular weight excluding hydrogens is 402 g/mol. The average Bonchev–Trinajstić information content (AvgIpc) is 2.85.